The molecular weight excluding hydrogens is 691 g/mol. The van der Waals surface area contributed by atoms with E-state index in [1.54, 1.807) is 0 Å². The Morgan fingerprint density at radius 1 is 0.316 bits per heavy atom. The van der Waals surface area contributed by atoms with Gasteiger partial charge in [0.1, 0.15) is 0 Å². The minimum absolute atomic E-state index is 0.713. The normalized spacial score (nSPS) is 11.5. The van der Waals surface area contributed by atoms with Gasteiger partial charge in [-0.05, 0) is 80.2 Å². The van der Waals surface area contributed by atoms with Gasteiger partial charge in [0.2, 0.25) is 0 Å². The maximum Gasteiger partial charge on any atom is 0.160 e. The van der Waals surface area contributed by atoms with E-state index >= 15 is 0 Å². The van der Waals surface area contributed by atoms with Crippen LogP contribution in [0, 0.1) is 0 Å². The molecule has 0 saturated carbocycles. The summed E-state index contributed by atoms with van der Waals surface area (Å²) in [5.41, 5.74) is 13.3. The predicted octanol–water partition coefficient (Wildman–Crippen LogP) is 14.2. The first-order valence-corrected chi connectivity index (χ1v) is 19.4. The molecular formula is C54H35N3. The number of hydrogen-bond donors (Lipinski definition) is 0. The van der Waals surface area contributed by atoms with E-state index in [2.05, 4.69) is 193 Å². The van der Waals surface area contributed by atoms with Gasteiger partial charge in [-0.1, -0.05) is 176 Å². The average molecular weight is 726 g/mol. The number of hydrogen-bond acceptors (Lipinski definition) is 2. The summed E-state index contributed by atoms with van der Waals surface area (Å²) in [6.07, 6.45) is 0. The third kappa shape index (κ3) is 5.68. The second-order valence-electron chi connectivity index (χ2n) is 14.6. The van der Waals surface area contributed by atoms with Crippen LogP contribution in [-0.2, 0) is 0 Å². The number of benzene rings is 9. The smallest absolute Gasteiger partial charge is 0.160 e. The van der Waals surface area contributed by atoms with Crippen molar-refractivity contribution >= 4 is 43.4 Å². The van der Waals surface area contributed by atoms with Crippen LogP contribution in [0.5, 0.6) is 0 Å². The summed E-state index contributed by atoms with van der Waals surface area (Å²) < 4.78 is 2.40. The Bertz CT molecular complexity index is 3200. The Hall–Kier alpha value is -7.62. The Morgan fingerprint density at radius 2 is 0.825 bits per heavy atom. The SMILES string of the molecule is c1ccc(-c2cc(-c3ccc(-n4c5ccccc5c5c6cc(-c7ccc(-c8ccccc8)c8ccccc78)ccc6ccc54)cc3)nc(-c3ccccc3)n2)cc1. The van der Waals surface area contributed by atoms with Gasteiger partial charge in [-0.15, -0.1) is 0 Å². The molecule has 11 aromatic rings. The highest BCUT2D eigenvalue weighted by atomic mass is 15.0. The summed E-state index contributed by atoms with van der Waals surface area (Å²) in [6, 6.07) is 75.7. The highest BCUT2D eigenvalue weighted by molar-refractivity contribution is 6.22. The summed E-state index contributed by atoms with van der Waals surface area (Å²) in [7, 11) is 0. The lowest BCUT2D eigenvalue weighted by atomic mass is 9.91. The van der Waals surface area contributed by atoms with Crippen LogP contribution >= 0.6 is 0 Å². The molecule has 0 bridgehead atoms. The molecule has 2 aromatic heterocycles. The molecule has 0 unspecified atom stereocenters. The lowest BCUT2D eigenvalue weighted by Gasteiger charge is -2.13. The van der Waals surface area contributed by atoms with Crippen molar-refractivity contribution in [3.05, 3.63) is 212 Å². The molecule has 57 heavy (non-hydrogen) atoms. The van der Waals surface area contributed by atoms with E-state index in [-0.39, 0.29) is 0 Å². The van der Waals surface area contributed by atoms with Gasteiger partial charge in [0.15, 0.2) is 5.82 Å². The monoisotopic (exact) mass is 725 g/mol. The maximum absolute atomic E-state index is 5.08. The molecule has 0 saturated heterocycles. The molecule has 0 N–H and O–H groups in total. The Morgan fingerprint density at radius 3 is 1.49 bits per heavy atom. The van der Waals surface area contributed by atoms with Crippen molar-refractivity contribution in [3.8, 4) is 61.8 Å². The fourth-order valence-electron chi connectivity index (χ4n) is 8.50. The fraction of sp³-hybridized carbons (Fsp3) is 0. The van der Waals surface area contributed by atoms with Crippen molar-refractivity contribution in [1.82, 2.24) is 14.5 Å². The highest BCUT2D eigenvalue weighted by Crippen LogP contribution is 2.41. The summed E-state index contributed by atoms with van der Waals surface area (Å²) in [5, 5.41) is 7.48. The molecule has 9 aromatic carbocycles. The minimum atomic E-state index is 0.713. The van der Waals surface area contributed by atoms with E-state index in [4.69, 9.17) is 9.97 Å². The topological polar surface area (TPSA) is 30.7 Å². The van der Waals surface area contributed by atoms with Gasteiger partial charge < -0.3 is 4.57 Å². The molecule has 0 amide bonds. The fourth-order valence-corrected chi connectivity index (χ4v) is 8.50. The largest absolute Gasteiger partial charge is 0.309 e. The minimum Gasteiger partial charge on any atom is -0.309 e. The van der Waals surface area contributed by atoms with Crippen molar-refractivity contribution in [2.45, 2.75) is 0 Å². The molecule has 3 heteroatoms. The van der Waals surface area contributed by atoms with E-state index < -0.39 is 0 Å². The van der Waals surface area contributed by atoms with Crippen molar-refractivity contribution in [2.24, 2.45) is 0 Å². The standard InChI is InChI=1S/C54H35N3/c1-4-14-36(15-5-1)43-31-32-44(46-21-11-10-20-45(43)46)41-25-24-37-28-33-52-53(48(37)34-41)47-22-12-13-23-51(47)57(52)42-29-26-39(27-30-42)50-35-49(38-16-6-2-7-17-38)55-54(56-50)40-18-8-3-9-19-40/h1-35H. The average Bonchev–Trinajstić information content (AvgIpc) is 3.64. The first-order chi connectivity index (χ1) is 28.3. The molecule has 0 spiro atoms. The quantitative estimate of drug-likeness (QED) is 0.171. The lowest BCUT2D eigenvalue weighted by Crippen LogP contribution is -1.97. The molecule has 0 fully saturated rings. The summed E-state index contributed by atoms with van der Waals surface area (Å²) in [4.78, 5) is 10.1. The molecule has 0 atom stereocenters. The van der Waals surface area contributed by atoms with Gasteiger partial charge >= 0.3 is 0 Å². The third-order valence-electron chi connectivity index (χ3n) is 11.2. The van der Waals surface area contributed by atoms with Crippen LogP contribution in [0.15, 0.2) is 212 Å². The molecule has 11 rings (SSSR count). The van der Waals surface area contributed by atoms with Gasteiger partial charge in [-0.25, -0.2) is 9.97 Å². The second kappa shape index (κ2) is 13.6. The first kappa shape index (κ1) is 32.8. The third-order valence-corrected chi connectivity index (χ3v) is 11.2. The van der Waals surface area contributed by atoms with E-state index in [0.29, 0.717) is 5.82 Å². The van der Waals surface area contributed by atoms with Crippen molar-refractivity contribution in [1.29, 1.82) is 0 Å². The maximum atomic E-state index is 5.08. The molecule has 0 aliphatic heterocycles. The lowest BCUT2D eigenvalue weighted by molar-refractivity contribution is 1.17. The van der Waals surface area contributed by atoms with Gasteiger partial charge in [-0.3, -0.25) is 0 Å². The molecule has 2 heterocycles. The van der Waals surface area contributed by atoms with Crippen molar-refractivity contribution in [2.75, 3.05) is 0 Å². The first-order valence-electron chi connectivity index (χ1n) is 19.4. The van der Waals surface area contributed by atoms with Crippen LogP contribution in [-0.4, -0.2) is 14.5 Å². The number of para-hydroxylation sites is 1. The van der Waals surface area contributed by atoms with Gasteiger partial charge in [0.25, 0.3) is 0 Å². The molecule has 0 aliphatic carbocycles. The van der Waals surface area contributed by atoms with Crippen LogP contribution < -0.4 is 0 Å². The summed E-state index contributed by atoms with van der Waals surface area (Å²) in [6.45, 7) is 0. The molecule has 0 aliphatic rings. The number of rotatable bonds is 6. The van der Waals surface area contributed by atoms with Crippen LogP contribution in [0.1, 0.15) is 0 Å². The molecule has 3 nitrogen and oxygen atoms in total. The van der Waals surface area contributed by atoms with Crippen LogP contribution in [0.2, 0.25) is 0 Å². The van der Waals surface area contributed by atoms with Crippen LogP contribution in [0.25, 0.3) is 105 Å². The van der Waals surface area contributed by atoms with E-state index in [1.807, 2.05) is 24.3 Å². The van der Waals surface area contributed by atoms with Crippen LogP contribution in [0.4, 0.5) is 0 Å². The van der Waals surface area contributed by atoms with Crippen molar-refractivity contribution < 1.29 is 0 Å². The molecule has 0 radical (unpaired) electrons. The highest BCUT2D eigenvalue weighted by Gasteiger charge is 2.17. The zero-order chi connectivity index (χ0) is 37.7. The Kier molecular flexibility index (Phi) is 7.82. The van der Waals surface area contributed by atoms with Crippen molar-refractivity contribution in [3.63, 3.8) is 0 Å². The Balaban J connectivity index is 1.05. The van der Waals surface area contributed by atoms with E-state index in [0.717, 1.165) is 33.8 Å². The zero-order valence-corrected chi connectivity index (χ0v) is 31.0. The second-order valence-corrected chi connectivity index (χ2v) is 14.6. The van der Waals surface area contributed by atoms with Crippen LogP contribution in [0.3, 0.4) is 0 Å². The van der Waals surface area contributed by atoms with Gasteiger partial charge in [0, 0.05) is 33.2 Å². The number of aromatic nitrogens is 3. The predicted molar refractivity (Wildman–Crippen MR) is 239 cm³/mol. The zero-order valence-electron chi connectivity index (χ0n) is 31.0. The van der Waals surface area contributed by atoms with E-state index in [1.165, 1.54) is 65.6 Å². The summed E-state index contributed by atoms with van der Waals surface area (Å²) in [5.74, 6) is 0.713. The molecule has 266 valence electrons. The number of nitrogens with zero attached hydrogens (tertiary/aromatic N) is 3. The van der Waals surface area contributed by atoms with Gasteiger partial charge in [0.05, 0.1) is 22.4 Å². The summed E-state index contributed by atoms with van der Waals surface area (Å²) >= 11 is 0. The Labute approximate surface area is 330 Å². The van der Waals surface area contributed by atoms with Gasteiger partial charge in [-0.2, -0.15) is 0 Å². The number of fused-ring (bicyclic) bond motifs is 6. The van der Waals surface area contributed by atoms with E-state index in [9.17, 15) is 0 Å².